The number of hydrogen-bond acceptors (Lipinski definition) is 3. The molecule has 1 saturated carbocycles. The Balaban J connectivity index is 1.90. The van der Waals surface area contributed by atoms with E-state index in [0.717, 1.165) is 17.3 Å². The van der Waals surface area contributed by atoms with Crippen molar-refractivity contribution in [2.24, 2.45) is 0 Å². The molecule has 2 amide bonds. The zero-order chi connectivity index (χ0) is 16.2. The minimum Gasteiger partial charge on any atom is -0.480 e. The maximum absolute atomic E-state index is 11.9. The molecule has 0 bridgehead atoms. The van der Waals surface area contributed by atoms with Crippen LogP contribution in [0, 0.1) is 0 Å². The van der Waals surface area contributed by atoms with E-state index in [0.29, 0.717) is 18.4 Å². The van der Waals surface area contributed by atoms with Gasteiger partial charge in [0.1, 0.15) is 5.54 Å². The van der Waals surface area contributed by atoms with Crippen molar-refractivity contribution in [1.29, 1.82) is 0 Å². The Kier molecular flexibility index (Phi) is 5.18. The molecule has 0 aromatic heterocycles. The highest BCUT2D eigenvalue weighted by molar-refractivity contribution is 9.10. The number of amides is 2. The van der Waals surface area contributed by atoms with Crippen molar-refractivity contribution in [2.75, 3.05) is 6.54 Å². The fraction of sp³-hybridized carbons (Fsp3) is 0.400. The minimum atomic E-state index is -1.18. The molecule has 0 atom stereocenters. The van der Waals surface area contributed by atoms with Crippen LogP contribution in [0.15, 0.2) is 28.7 Å². The molecule has 1 aromatic carbocycles. The van der Waals surface area contributed by atoms with E-state index in [1.54, 1.807) is 24.3 Å². The van der Waals surface area contributed by atoms with Gasteiger partial charge in [0, 0.05) is 10.0 Å². The third-order valence-electron chi connectivity index (χ3n) is 3.74. The SMILES string of the molecule is O=C(CNC(=O)c1cccc(Br)c1)NC1(C(=O)O)CCCC1. The maximum Gasteiger partial charge on any atom is 0.329 e. The number of carboxylic acids is 1. The Morgan fingerprint density at radius 1 is 1.23 bits per heavy atom. The molecule has 0 heterocycles. The summed E-state index contributed by atoms with van der Waals surface area (Å²) < 4.78 is 0.764. The van der Waals surface area contributed by atoms with Crippen molar-refractivity contribution in [3.8, 4) is 0 Å². The van der Waals surface area contributed by atoms with Crippen LogP contribution in [-0.2, 0) is 9.59 Å². The maximum atomic E-state index is 11.9. The van der Waals surface area contributed by atoms with Gasteiger partial charge in [0.2, 0.25) is 5.91 Å². The summed E-state index contributed by atoms with van der Waals surface area (Å²) in [5.41, 5.74) is -0.756. The van der Waals surface area contributed by atoms with Crippen LogP contribution in [0.1, 0.15) is 36.0 Å². The molecule has 1 aromatic rings. The highest BCUT2D eigenvalue weighted by Gasteiger charge is 2.42. The lowest BCUT2D eigenvalue weighted by Crippen LogP contribution is -2.54. The smallest absolute Gasteiger partial charge is 0.329 e. The predicted octanol–water partition coefficient (Wildman–Crippen LogP) is 1.69. The van der Waals surface area contributed by atoms with Gasteiger partial charge in [-0.05, 0) is 31.0 Å². The van der Waals surface area contributed by atoms with Crippen LogP contribution in [-0.4, -0.2) is 35.0 Å². The number of carbonyl (C=O) groups is 3. The van der Waals surface area contributed by atoms with E-state index in [4.69, 9.17) is 0 Å². The van der Waals surface area contributed by atoms with E-state index >= 15 is 0 Å². The molecular weight excluding hydrogens is 352 g/mol. The van der Waals surface area contributed by atoms with Gasteiger partial charge in [-0.2, -0.15) is 0 Å². The number of carbonyl (C=O) groups excluding carboxylic acids is 2. The second-order valence-corrected chi connectivity index (χ2v) is 6.25. The van der Waals surface area contributed by atoms with Crippen molar-refractivity contribution in [1.82, 2.24) is 10.6 Å². The summed E-state index contributed by atoms with van der Waals surface area (Å²) in [4.78, 5) is 35.2. The quantitative estimate of drug-likeness (QED) is 0.736. The summed E-state index contributed by atoms with van der Waals surface area (Å²) >= 11 is 3.27. The third-order valence-corrected chi connectivity index (χ3v) is 4.23. The summed E-state index contributed by atoms with van der Waals surface area (Å²) in [5, 5.41) is 14.3. The lowest BCUT2D eigenvalue weighted by molar-refractivity contribution is -0.147. The van der Waals surface area contributed by atoms with E-state index in [1.165, 1.54) is 0 Å². The molecule has 0 radical (unpaired) electrons. The first-order valence-electron chi connectivity index (χ1n) is 7.01. The van der Waals surface area contributed by atoms with Gasteiger partial charge in [0.05, 0.1) is 6.54 Å². The summed E-state index contributed by atoms with van der Waals surface area (Å²) in [6, 6.07) is 6.79. The lowest BCUT2D eigenvalue weighted by atomic mass is 9.98. The molecular formula is C15H17BrN2O4. The lowest BCUT2D eigenvalue weighted by Gasteiger charge is -2.25. The van der Waals surface area contributed by atoms with Crippen LogP contribution < -0.4 is 10.6 Å². The minimum absolute atomic E-state index is 0.250. The standard InChI is InChI=1S/C15H17BrN2O4/c16-11-5-3-4-10(8-11)13(20)17-9-12(19)18-15(14(21)22)6-1-2-7-15/h3-5,8H,1-2,6-7,9H2,(H,17,20)(H,18,19)(H,21,22). The first-order chi connectivity index (χ1) is 10.4. The Morgan fingerprint density at radius 3 is 2.50 bits per heavy atom. The van der Waals surface area contributed by atoms with Gasteiger partial charge in [-0.1, -0.05) is 34.8 Å². The molecule has 0 aliphatic heterocycles. The number of nitrogens with one attached hydrogen (secondary N) is 2. The Morgan fingerprint density at radius 2 is 1.91 bits per heavy atom. The molecule has 2 rings (SSSR count). The number of aliphatic carboxylic acids is 1. The van der Waals surface area contributed by atoms with Crippen LogP contribution in [0.25, 0.3) is 0 Å². The number of halogens is 1. The van der Waals surface area contributed by atoms with Crippen LogP contribution in [0.4, 0.5) is 0 Å². The molecule has 0 spiro atoms. The van der Waals surface area contributed by atoms with Gasteiger partial charge in [0.15, 0.2) is 0 Å². The normalized spacial score (nSPS) is 16.0. The van der Waals surface area contributed by atoms with Crippen molar-refractivity contribution in [3.63, 3.8) is 0 Å². The van der Waals surface area contributed by atoms with E-state index in [9.17, 15) is 19.5 Å². The number of rotatable bonds is 5. The first-order valence-corrected chi connectivity index (χ1v) is 7.80. The van der Waals surface area contributed by atoms with Crippen LogP contribution >= 0.6 is 15.9 Å². The molecule has 1 fully saturated rings. The fourth-order valence-corrected chi connectivity index (χ4v) is 2.97. The van der Waals surface area contributed by atoms with Gasteiger partial charge >= 0.3 is 5.97 Å². The zero-order valence-electron chi connectivity index (χ0n) is 11.9. The Bertz CT molecular complexity index is 597. The van der Waals surface area contributed by atoms with Gasteiger partial charge in [-0.25, -0.2) is 4.79 Å². The van der Waals surface area contributed by atoms with E-state index in [1.807, 2.05) is 0 Å². The third kappa shape index (κ3) is 3.85. The Labute approximate surface area is 136 Å². The van der Waals surface area contributed by atoms with E-state index < -0.39 is 17.4 Å². The second-order valence-electron chi connectivity index (χ2n) is 5.34. The molecule has 3 N–H and O–H groups in total. The zero-order valence-corrected chi connectivity index (χ0v) is 13.5. The summed E-state index contributed by atoms with van der Waals surface area (Å²) in [6.45, 7) is -0.250. The fourth-order valence-electron chi connectivity index (χ4n) is 2.57. The van der Waals surface area contributed by atoms with Crippen LogP contribution in [0.3, 0.4) is 0 Å². The van der Waals surface area contributed by atoms with Crippen molar-refractivity contribution >= 4 is 33.7 Å². The number of hydrogen-bond donors (Lipinski definition) is 3. The summed E-state index contributed by atoms with van der Waals surface area (Å²) in [5.74, 6) is -1.89. The average molecular weight is 369 g/mol. The monoisotopic (exact) mass is 368 g/mol. The van der Waals surface area contributed by atoms with E-state index in [-0.39, 0.29) is 12.5 Å². The second kappa shape index (κ2) is 6.91. The molecule has 0 unspecified atom stereocenters. The summed E-state index contributed by atoms with van der Waals surface area (Å²) in [6.07, 6.45) is 2.40. The molecule has 1 aliphatic carbocycles. The molecule has 6 nitrogen and oxygen atoms in total. The van der Waals surface area contributed by atoms with Crippen molar-refractivity contribution in [2.45, 2.75) is 31.2 Å². The van der Waals surface area contributed by atoms with Crippen LogP contribution in [0.2, 0.25) is 0 Å². The molecule has 7 heteroatoms. The van der Waals surface area contributed by atoms with Gasteiger partial charge in [0.25, 0.3) is 5.91 Å². The van der Waals surface area contributed by atoms with Gasteiger partial charge in [-0.15, -0.1) is 0 Å². The van der Waals surface area contributed by atoms with E-state index in [2.05, 4.69) is 26.6 Å². The number of carboxylic acid groups (broad SMARTS) is 1. The topological polar surface area (TPSA) is 95.5 Å². The highest BCUT2D eigenvalue weighted by atomic mass is 79.9. The molecule has 1 aliphatic rings. The Hall–Kier alpha value is -1.89. The molecule has 118 valence electrons. The first kappa shape index (κ1) is 16.5. The van der Waals surface area contributed by atoms with Crippen molar-refractivity contribution < 1.29 is 19.5 Å². The number of benzene rings is 1. The largest absolute Gasteiger partial charge is 0.480 e. The highest BCUT2D eigenvalue weighted by Crippen LogP contribution is 2.29. The average Bonchev–Trinajstić information content (AvgIpc) is 2.94. The predicted molar refractivity (Wildman–Crippen MR) is 83.5 cm³/mol. The molecule has 22 heavy (non-hydrogen) atoms. The van der Waals surface area contributed by atoms with Crippen molar-refractivity contribution in [3.05, 3.63) is 34.3 Å². The van der Waals surface area contributed by atoms with Gasteiger partial charge in [-0.3, -0.25) is 9.59 Å². The van der Waals surface area contributed by atoms with Crippen LogP contribution in [0.5, 0.6) is 0 Å². The summed E-state index contributed by atoms with van der Waals surface area (Å²) in [7, 11) is 0. The molecule has 0 saturated heterocycles. The van der Waals surface area contributed by atoms with Gasteiger partial charge < -0.3 is 15.7 Å².